The predicted molar refractivity (Wildman–Crippen MR) is 102 cm³/mol. The molecule has 1 saturated heterocycles. The van der Waals surface area contributed by atoms with Crippen LogP contribution in [0.25, 0.3) is 22.2 Å². The number of hydrogen-bond acceptors (Lipinski definition) is 4. The number of likely N-dealkylation sites (tertiary alicyclic amines) is 1. The molecule has 1 aliphatic rings. The van der Waals surface area contributed by atoms with E-state index in [0.29, 0.717) is 35.2 Å². The third-order valence-corrected chi connectivity index (χ3v) is 4.95. The minimum Gasteiger partial charge on any atom is -0.347 e. The van der Waals surface area contributed by atoms with Crippen LogP contribution in [0.5, 0.6) is 0 Å². The number of halogens is 1. The fraction of sp³-hybridized carbons (Fsp3) is 0.300. The van der Waals surface area contributed by atoms with Crippen LogP contribution in [-0.2, 0) is 11.8 Å². The van der Waals surface area contributed by atoms with E-state index in [4.69, 9.17) is 0 Å². The summed E-state index contributed by atoms with van der Waals surface area (Å²) in [5.74, 6) is -0.694. The molecule has 1 aliphatic heterocycles. The van der Waals surface area contributed by atoms with E-state index < -0.39 is 5.82 Å². The van der Waals surface area contributed by atoms with Crippen molar-refractivity contribution in [1.29, 1.82) is 0 Å². The average Bonchev–Trinajstić information content (AvgIpc) is 3.25. The standard InChI is InChI=1S/C20H20FN5O2/c1-3-26-11-14(7-19(26)27)23-20(28)16-8-17(12-9-22-25(2)10-12)24-18-6-13(21)4-5-15(16)18/h4-6,8-10,14H,3,7,11H2,1-2H3,(H,23,28)/t14-/m1/s1. The second-order valence-corrected chi connectivity index (χ2v) is 6.93. The van der Waals surface area contributed by atoms with Gasteiger partial charge in [-0.3, -0.25) is 14.3 Å². The van der Waals surface area contributed by atoms with Gasteiger partial charge in [-0.2, -0.15) is 5.10 Å². The molecule has 0 saturated carbocycles. The van der Waals surface area contributed by atoms with Gasteiger partial charge in [-0.15, -0.1) is 0 Å². The molecule has 0 aliphatic carbocycles. The molecular weight excluding hydrogens is 361 g/mol. The highest BCUT2D eigenvalue weighted by Gasteiger charge is 2.30. The molecule has 0 spiro atoms. The van der Waals surface area contributed by atoms with Crippen molar-refractivity contribution in [2.24, 2.45) is 7.05 Å². The number of likely N-dealkylation sites (N-methyl/N-ethyl adjacent to an activating group) is 1. The Morgan fingerprint density at radius 3 is 2.86 bits per heavy atom. The van der Waals surface area contributed by atoms with Crippen LogP contribution in [-0.4, -0.2) is 50.6 Å². The molecule has 1 fully saturated rings. The second kappa shape index (κ2) is 7.03. The first-order valence-electron chi connectivity index (χ1n) is 9.12. The number of nitrogens with zero attached hydrogens (tertiary/aromatic N) is 4. The molecule has 0 bridgehead atoms. The molecule has 1 aromatic carbocycles. The van der Waals surface area contributed by atoms with Gasteiger partial charge in [0.1, 0.15) is 5.82 Å². The number of carbonyl (C=O) groups is 2. The van der Waals surface area contributed by atoms with Gasteiger partial charge in [0.25, 0.3) is 5.91 Å². The third-order valence-electron chi connectivity index (χ3n) is 4.95. The smallest absolute Gasteiger partial charge is 0.252 e. The fourth-order valence-electron chi connectivity index (χ4n) is 3.53. The van der Waals surface area contributed by atoms with Gasteiger partial charge in [-0.25, -0.2) is 9.37 Å². The predicted octanol–water partition coefficient (Wildman–Crippen LogP) is 2.12. The van der Waals surface area contributed by atoms with Crippen molar-refractivity contribution in [3.8, 4) is 11.3 Å². The Bertz CT molecular complexity index is 1080. The Balaban J connectivity index is 1.72. The number of pyridine rings is 1. The number of fused-ring (bicyclic) bond motifs is 1. The molecule has 3 heterocycles. The molecule has 1 N–H and O–H groups in total. The monoisotopic (exact) mass is 381 g/mol. The van der Waals surface area contributed by atoms with Crippen molar-refractivity contribution in [1.82, 2.24) is 25.0 Å². The van der Waals surface area contributed by atoms with Crippen molar-refractivity contribution in [2.45, 2.75) is 19.4 Å². The number of amides is 2. The van der Waals surface area contributed by atoms with Gasteiger partial charge < -0.3 is 10.2 Å². The van der Waals surface area contributed by atoms with Gasteiger partial charge in [0.2, 0.25) is 5.91 Å². The zero-order valence-electron chi connectivity index (χ0n) is 15.6. The number of benzene rings is 1. The van der Waals surface area contributed by atoms with E-state index in [2.05, 4.69) is 15.4 Å². The summed E-state index contributed by atoms with van der Waals surface area (Å²) in [6.45, 7) is 3.02. The molecule has 28 heavy (non-hydrogen) atoms. The lowest BCUT2D eigenvalue weighted by Gasteiger charge is -2.16. The second-order valence-electron chi connectivity index (χ2n) is 6.93. The maximum absolute atomic E-state index is 13.8. The molecule has 0 radical (unpaired) electrons. The van der Waals surface area contributed by atoms with Crippen molar-refractivity contribution in [3.63, 3.8) is 0 Å². The maximum Gasteiger partial charge on any atom is 0.252 e. The Kier molecular flexibility index (Phi) is 4.54. The van der Waals surface area contributed by atoms with Crippen molar-refractivity contribution in [2.75, 3.05) is 13.1 Å². The van der Waals surface area contributed by atoms with Crippen molar-refractivity contribution >= 4 is 22.7 Å². The normalized spacial score (nSPS) is 16.8. The van der Waals surface area contributed by atoms with Gasteiger partial charge in [-0.05, 0) is 25.1 Å². The molecule has 144 valence electrons. The molecule has 8 heteroatoms. The molecule has 0 unspecified atom stereocenters. The summed E-state index contributed by atoms with van der Waals surface area (Å²) in [5, 5.41) is 7.63. The fourth-order valence-corrected chi connectivity index (χ4v) is 3.53. The first-order valence-corrected chi connectivity index (χ1v) is 9.12. The van der Waals surface area contributed by atoms with Crippen molar-refractivity contribution in [3.05, 3.63) is 48.0 Å². The summed E-state index contributed by atoms with van der Waals surface area (Å²) < 4.78 is 15.4. The number of rotatable bonds is 4. The lowest BCUT2D eigenvalue weighted by atomic mass is 10.0. The van der Waals surface area contributed by atoms with E-state index in [1.807, 2.05) is 6.92 Å². The van der Waals surface area contributed by atoms with Crippen LogP contribution in [0.15, 0.2) is 36.7 Å². The Morgan fingerprint density at radius 1 is 1.36 bits per heavy atom. The number of carbonyl (C=O) groups excluding carboxylic acids is 2. The number of nitrogens with one attached hydrogen (secondary N) is 1. The van der Waals surface area contributed by atoms with Gasteiger partial charge in [0, 0.05) is 49.8 Å². The van der Waals surface area contributed by atoms with E-state index in [9.17, 15) is 14.0 Å². The van der Waals surface area contributed by atoms with Crippen LogP contribution >= 0.6 is 0 Å². The first-order chi connectivity index (χ1) is 13.4. The average molecular weight is 381 g/mol. The summed E-state index contributed by atoms with van der Waals surface area (Å²) in [6.07, 6.45) is 3.71. The lowest BCUT2D eigenvalue weighted by molar-refractivity contribution is -0.127. The summed E-state index contributed by atoms with van der Waals surface area (Å²) in [5.41, 5.74) is 2.06. The number of aryl methyl sites for hydroxylation is 1. The van der Waals surface area contributed by atoms with Gasteiger partial charge >= 0.3 is 0 Å². The van der Waals surface area contributed by atoms with E-state index in [1.54, 1.807) is 41.2 Å². The molecule has 1 atom stereocenters. The topological polar surface area (TPSA) is 80.1 Å². The molecule has 3 aromatic rings. The molecule has 2 amide bonds. The highest BCUT2D eigenvalue weighted by Crippen LogP contribution is 2.25. The van der Waals surface area contributed by atoms with Crippen LogP contribution in [0.2, 0.25) is 0 Å². The zero-order chi connectivity index (χ0) is 19.8. The zero-order valence-corrected chi connectivity index (χ0v) is 15.6. The summed E-state index contributed by atoms with van der Waals surface area (Å²) in [6, 6.07) is 5.61. The largest absolute Gasteiger partial charge is 0.347 e. The minimum absolute atomic E-state index is 0.0329. The van der Waals surface area contributed by atoms with Crippen LogP contribution in [0.1, 0.15) is 23.7 Å². The molecule has 7 nitrogen and oxygen atoms in total. The van der Waals surface area contributed by atoms with Gasteiger partial charge in [-0.1, -0.05) is 0 Å². The number of hydrogen-bond donors (Lipinski definition) is 1. The Hall–Kier alpha value is -3.29. The Labute approximate surface area is 161 Å². The van der Waals surface area contributed by atoms with E-state index in [1.165, 1.54) is 12.1 Å². The van der Waals surface area contributed by atoms with Crippen LogP contribution in [0.4, 0.5) is 4.39 Å². The summed E-state index contributed by atoms with van der Waals surface area (Å²) >= 11 is 0. The SMILES string of the molecule is CCN1C[C@H](NC(=O)c2cc(-c3cnn(C)c3)nc3cc(F)ccc23)CC1=O. The highest BCUT2D eigenvalue weighted by atomic mass is 19.1. The van der Waals surface area contributed by atoms with Crippen LogP contribution in [0, 0.1) is 5.82 Å². The molecule has 2 aromatic heterocycles. The minimum atomic E-state index is -0.422. The quantitative estimate of drug-likeness (QED) is 0.751. The van der Waals surface area contributed by atoms with Crippen LogP contribution < -0.4 is 5.32 Å². The highest BCUT2D eigenvalue weighted by molar-refractivity contribution is 6.07. The Morgan fingerprint density at radius 2 is 2.18 bits per heavy atom. The van der Waals surface area contributed by atoms with Gasteiger partial charge in [0.15, 0.2) is 0 Å². The summed E-state index contributed by atoms with van der Waals surface area (Å²) in [7, 11) is 1.79. The molecule has 4 rings (SSSR count). The van der Waals surface area contributed by atoms with E-state index in [-0.39, 0.29) is 24.3 Å². The van der Waals surface area contributed by atoms with Gasteiger partial charge in [0.05, 0.1) is 29.0 Å². The van der Waals surface area contributed by atoms with E-state index in [0.717, 1.165) is 5.56 Å². The first kappa shape index (κ1) is 18.1. The summed E-state index contributed by atoms with van der Waals surface area (Å²) in [4.78, 5) is 31.2. The molecular formula is C20H20FN5O2. The lowest BCUT2D eigenvalue weighted by Crippen LogP contribution is -2.37. The van der Waals surface area contributed by atoms with E-state index >= 15 is 0 Å². The number of aromatic nitrogens is 3. The van der Waals surface area contributed by atoms with Crippen LogP contribution in [0.3, 0.4) is 0 Å². The van der Waals surface area contributed by atoms with Crippen molar-refractivity contribution < 1.29 is 14.0 Å². The maximum atomic E-state index is 13.8. The third kappa shape index (κ3) is 3.33.